The number of amides is 4. The minimum Gasteiger partial charge on any atom is -0.507 e. The first-order valence-corrected chi connectivity index (χ1v) is 15.5. The molecule has 0 saturated heterocycles. The Hall–Kier alpha value is -4.61. The van der Waals surface area contributed by atoms with Crippen LogP contribution in [0, 0.1) is 6.92 Å². The third-order valence-electron chi connectivity index (χ3n) is 6.72. The zero-order valence-electron chi connectivity index (χ0n) is 29.1. The Morgan fingerprint density at radius 2 is 1.38 bits per heavy atom. The fraction of sp³-hybridized carbons (Fsp3) is 0.514. The number of para-hydroxylation sites is 1. The number of hydrogen-bond donors (Lipinski definition) is 4. The Morgan fingerprint density at radius 1 is 0.809 bits per heavy atom. The van der Waals surface area contributed by atoms with Crippen molar-refractivity contribution >= 4 is 29.8 Å². The monoisotopic (exact) mass is 654 g/mol. The standard InChI is InChI=1S/C35H50N4O8/c1-21-15-14-18-23(28(21)41)27(29(42)37-25(31(44)46-34(5,6)7)19-22-16-12-11-13-17-22)39(33(2,3)4)30(43)24(20-26(36)40)38-32(45)47-35(8,9)10/h11-18,24-25,27,41H,19-20H2,1-10H3,(H2,36,40)(H,37,42)(H,38,45). The molecule has 258 valence electrons. The average Bonchev–Trinajstić information content (AvgIpc) is 2.90. The van der Waals surface area contributed by atoms with E-state index in [2.05, 4.69) is 10.6 Å². The third kappa shape index (κ3) is 11.9. The molecule has 0 aromatic heterocycles. The molecule has 0 fully saturated rings. The summed E-state index contributed by atoms with van der Waals surface area (Å²) in [5, 5.41) is 16.4. The molecule has 0 aliphatic carbocycles. The predicted octanol–water partition coefficient (Wildman–Crippen LogP) is 4.21. The Balaban J connectivity index is 2.72. The lowest BCUT2D eigenvalue weighted by molar-refractivity contribution is -0.159. The van der Waals surface area contributed by atoms with Gasteiger partial charge < -0.3 is 35.8 Å². The van der Waals surface area contributed by atoms with Crippen LogP contribution in [0.4, 0.5) is 4.79 Å². The summed E-state index contributed by atoms with van der Waals surface area (Å²) in [4.78, 5) is 68.5. The number of phenols is 1. The highest BCUT2D eigenvalue weighted by molar-refractivity contribution is 5.96. The second kappa shape index (κ2) is 15.3. The SMILES string of the molecule is Cc1cccc(C(C(=O)NC(Cc2ccccc2)C(=O)OC(C)(C)C)N(C(=O)C(CC(N)=O)NC(=O)OC(C)(C)C)C(C)(C)C)c1O. The number of esters is 1. The fourth-order valence-corrected chi connectivity index (χ4v) is 4.83. The normalized spacial score (nSPS) is 13.8. The van der Waals surface area contributed by atoms with Gasteiger partial charge in [-0.15, -0.1) is 0 Å². The van der Waals surface area contributed by atoms with Crippen molar-refractivity contribution in [1.29, 1.82) is 0 Å². The van der Waals surface area contributed by atoms with Crippen molar-refractivity contribution < 1.29 is 38.6 Å². The van der Waals surface area contributed by atoms with Gasteiger partial charge in [-0.25, -0.2) is 9.59 Å². The lowest BCUT2D eigenvalue weighted by atomic mass is 9.93. The lowest BCUT2D eigenvalue weighted by Gasteiger charge is -2.43. The molecule has 12 nitrogen and oxygen atoms in total. The Labute approximate surface area is 277 Å². The van der Waals surface area contributed by atoms with Crippen LogP contribution in [0.25, 0.3) is 0 Å². The topological polar surface area (TPSA) is 177 Å². The average molecular weight is 655 g/mol. The lowest BCUT2D eigenvalue weighted by Crippen LogP contribution is -2.60. The maximum Gasteiger partial charge on any atom is 0.408 e. The maximum atomic E-state index is 14.5. The van der Waals surface area contributed by atoms with E-state index in [1.54, 1.807) is 106 Å². The molecule has 0 radical (unpaired) electrons. The van der Waals surface area contributed by atoms with Gasteiger partial charge in [-0.1, -0.05) is 48.5 Å². The van der Waals surface area contributed by atoms with Crippen molar-refractivity contribution in [2.75, 3.05) is 0 Å². The molecule has 3 atom stereocenters. The summed E-state index contributed by atoms with van der Waals surface area (Å²) < 4.78 is 11.0. The summed E-state index contributed by atoms with van der Waals surface area (Å²) in [7, 11) is 0. The number of ether oxygens (including phenoxy) is 2. The van der Waals surface area contributed by atoms with Gasteiger partial charge in [-0.3, -0.25) is 14.4 Å². The van der Waals surface area contributed by atoms with Gasteiger partial charge in [0.2, 0.25) is 17.7 Å². The number of hydrogen-bond acceptors (Lipinski definition) is 8. The van der Waals surface area contributed by atoms with Crippen LogP contribution in [0.5, 0.6) is 5.75 Å². The van der Waals surface area contributed by atoms with Gasteiger partial charge >= 0.3 is 12.1 Å². The summed E-state index contributed by atoms with van der Waals surface area (Å²) in [5.41, 5.74) is 3.77. The number of aryl methyl sites for hydroxylation is 1. The summed E-state index contributed by atoms with van der Waals surface area (Å²) in [6.07, 6.45) is -1.51. The van der Waals surface area contributed by atoms with Crippen molar-refractivity contribution in [2.24, 2.45) is 5.73 Å². The summed E-state index contributed by atoms with van der Waals surface area (Å²) in [5.74, 6) is -3.50. The number of aromatic hydroxyl groups is 1. The number of carbonyl (C=O) groups is 5. The number of primary amides is 1. The number of phenolic OH excluding ortho intramolecular Hbond substituents is 1. The summed E-state index contributed by atoms with van der Waals surface area (Å²) in [6, 6.07) is 9.50. The fourth-order valence-electron chi connectivity index (χ4n) is 4.83. The molecule has 5 N–H and O–H groups in total. The highest BCUT2D eigenvalue weighted by atomic mass is 16.6. The van der Waals surface area contributed by atoms with Gasteiger partial charge in [0, 0.05) is 17.5 Å². The molecule has 0 aliphatic rings. The number of nitrogens with zero attached hydrogens (tertiary/aromatic N) is 1. The highest BCUT2D eigenvalue weighted by Crippen LogP contribution is 2.36. The second-order valence-electron chi connectivity index (χ2n) is 14.4. The van der Waals surface area contributed by atoms with E-state index in [0.29, 0.717) is 5.56 Å². The van der Waals surface area contributed by atoms with Gasteiger partial charge in [-0.2, -0.15) is 0 Å². The van der Waals surface area contributed by atoms with Gasteiger partial charge in [0.1, 0.15) is 35.1 Å². The van der Waals surface area contributed by atoms with Crippen molar-refractivity contribution in [3.05, 3.63) is 65.2 Å². The van der Waals surface area contributed by atoms with E-state index < -0.39 is 71.1 Å². The van der Waals surface area contributed by atoms with Crippen LogP contribution in [-0.4, -0.2) is 68.6 Å². The minimum atomic E-state index is -1.54. The smallest absolute Gasteiger partial charge is 0.408 e. The highest BCUT2D eigenvalue weighted by Gasteiger charge is 2.44. The minimum absolute atomic E-state index is 0.0588. The van der Waals surface area contributed by atoms with E-state index >= 15 is 0 Å². The van der Waals surface area contributed by atoms with Crippen LogP contribution >= 0.6 is 0 Å². The Morgan fingerprint density at radius 3 is 1.89 bits per heavy atom. The molecule has 0 bridgehead atoms. The van der Waals surface area contributed by atoms with Gasteiger partial charge in [0.25, 0.3) is 0 Å². The first-order chi connectivity index (χ1) is 21.5. The van der Waals surface area contributed by atoms with Gasteiger partial charge in [0.15, 0.2) is 0 Å². The molecule has 47 heavy (non-hydrogen) atoms. The molecule has 12 heteroatoms. The summed E-state index contributed by atoms with van der Waals surface area (Å²) >= 11 is 0. The van der Waals surface area contributed by atoms with E-state index in [-0.39, 0.29) is 17.7 Å². The molecule has 2 rings (SSSR count). The van der Waals surface area contributed by atoms with E-state index in [9.17, 15) is 29.1 Å². The van der Waals surface area contributed by atoms with Crippen LogP contribution in [0.2, 0.25) is 0 Å². The zero-order chi connectivity index (χ0) is 35.9. The first-order valence-electron chi connectivity index (χ1n) is 15.5. The molecule has 2 aromatic rings. The van der Waals surface area contributed by atoms with Crippen LogP contribution in [0.3, 0.4) is 0 Å². The van der Waals surface area contributed by atoms with Crippen LogP contribution in [-0.2, 0) is 35.1 Å². The predicted molar refractivity (Wildman–Crippen MR) is 177 cm³/mol. The third-order valence-corrected chi connectivity index (χ3v) is 6.72. The van der Waals surface area contributed by atoms with Crippen molar-refractivity contribution in [3.8, 4) is 5.75 Å². The zero-order valence-corrected chi connectivity index (χ0v) is 29.1. The largest absolute Gasteiger partial charge is 0.507 e. The van der Waals surface area contributed by atoms with Crippen molar-refractivity contribution in [1.82, 2.24) is 15.5 Å². The molecular formula is C35H50N4O8. The van der Waals surface area contributed by atoms with Crippen molar-refractivity contribution in [2.45, 2.75) is 117 Å². The molecule has 2 aromatic carbocycles. The Bertz CT molecular complexity index is 1440. The number of nitrogens with two attached hydrogens (primary N) is 1. The van der Waals surface area contributed by atoms with Crippen LogP contribution in [0.1, 0.15) is 91.5 Å². The van der Waals surface area contributed by atoms with Crippen LogP contribution < -0.4 is 16.4 Å². The molecule has 0 heterocycles. The number of benzene rings is 2. The quantitative estimate of drug-likeness (QED) is 0.261. The van der Waals surface area contributed by atoms with E-state index in [4.69, 9.17) is 15.2 Å². The second-order valence-corrected chi connectivity index (χ2v) is 14.4. The number of carbonyl (C=O) groups excluding carboxylic acids is 5. The molecular weight excluding hydrogens is 604 g/mol. The molecule has 3 unspecified atom stereocenters. The van der Waals surface area contributed by atoms with Crippen LogP contribution in [0.15, 0.2) is 48.5 Å². The summed E-state index contributed by atoms with van der Waals surface area (Å²) in [6.45, 7) is 16.6. The van der Waals surface area contributed by atoms with Gasteiger partial charge in [-0.05, 0) is 80.4 Å². The molecule has 4 amide bonds. The molecule has 0 saturated carbocycles. The first kappa shape index (κ1) is 38.6. The number of nitrogens with one attached hydrogen (secondary N) is 2. The van der Waals surface area contributed by atoms with E-state index in [1.807, 2.05) is 6.07 Å². The Kier molecular flexibility index (Phi) is 12.6. The van der Waals surface area contributed by atoms with E-state index in [0.717, 1.165) is 10.5 Å². The molecule has 0 spiro atoms. The van der Waals surface area contributed by atoms with Gasteiger partial charge in [0.05, 0.1) is 6.42 Å². The van der Waals surface area contributed by atoms with E-state index in [1.165, 1.54) is 6.07 Å². The maximum absolute atomic E-state index is 14.5. The number of alkyl carbamates (subject to hydrolysis) is 1. The number of rotatable bonds is 11. The van der Waals surface area contributed by atoms with Crippen molar-refractivity contribution in [3.63, 3.8) is 0 Å². The molecule has 0 aliphatic heterocycles.